The molecule has 0 N–H and O–H groups in total. The van der Waals surface area contributed by atoms with Crippen molar-refractivity contribution >= 4 is 119 Å². The van der Waals surface area contributed by atoms with Crippen LogP contribution in [-0.2, 0) is 0 Å². The first-order chi connectivity index (χ1) is 38.7. The van der Waals surface area contributed by atoms with Gasteiger partial charge in [-0.2, -0.15) is 0 Å². The molecule has 2 nitrogen and oxygen atoms in total. The second-order valence-corrected chi connectivity index (χ2v) is 20.9. The highest BCUT2D eigenvalue weighted by molar-refractivity contribution is 6.29. The molecule has 0 saturated heterocycles. The van der Waals surface area contributed by atoms with Gasteiger partial charge in [-0.15, -0.1) is 0 Å². The fourth-order valence-corrected chi connectivity index (χ4v) is 13.4. The highest BCUT2D eigenvalue weighted by Crippen LogP contribution is 2.51. The van der Waals surface area contributed by atoms with Crippen LogP contribution in [0.2, 0.25) is 0 Å². The van der Waals surface area contributed by atoms with E-state index >= 15 is 0 Å². The number of rotatable bonds is 5. The van der Waals surface area contributed by atoms with Crippen LogP contribution in [-0.4, -0.2) is 0 Å². The maximum absolute atomic E-state index is 6.84. The van der Waals surface area contributed by atoms with Crippen LogP contribution < -0.4 is 0 Å². The quantitative estimate of drug-likeness (QED) is 0.127. The summed E-state index contributed by atoms with van der Waals surface area (Å²) in [5.74, 6) is 0. The third-order valence-corrected chi connectivity index (χ3v) is 16.8. The van der Waals surface area contributed by atoms with E-state index in [1.165, 1.54) is 109 Å². The Bertz CT molecular complexity index is 5390. The lowest BCUT2D eigenvalue weighted by Crippen LogP contribution is -1.94. The third-order valence-electron chi connectivity index (χ3n) is 16.8. The lowest BCUT2D eigenvalue weighted by Gasteiger charge is -2.21. The summed E-state index contributed by atoms with van der Waals surface area (Å²) in [6.07, 6.45) is 0. The summed E-state index contributed by atoms with van der Waals surface area (Å²) in [7, 11) is 0. The summed E-state index contributed by atoms with van der Waals surface area (Å²) in [4.78, 5) is 0. The molecule has 0 unspecified atom stereocenters. The Morgan fingerprint density at radius 3 is 1.31 bits per heavy atom. The number of benzene rings is 15. The minimum Gasteiger partial charge on any atom is -0.456 e. The van der Waals surface area contributed by atoms with Gasteiger partial charge in [0.25, 0.3) is 0 Å². The monoisotopic (exact) mass is 988 g/mol. The molecular formula is C76H44O2. The molecule has 0 aliphatic heterocycles. The summed E-state index contributed by atoms with van der Waals surface area (Å²) in [5, 5.41) is 21.4. The van der Waals surface area contributed by atoms with Gasteiger partial charge in [0.05, 0.1) is 0 Å². The van der Waals surface area contributed by atoms with Gasteiger partial charge in [-0.3, -0.25) is 0 Å². The van der Waals surface area contributed by atoms with Crippen LogP contribution in [0.1, 0.15) is 0 Å². The van der Waals surface area contributed by atoms with E-state index in [-0.39, 0.29) is 0 Å². The van der Waals surface area contributed by atoms with Gasteiger partial charge in [0.2, 0.25) is 0 Å². The molecule has 0 atom stereocenters. The Morgan fingerprint density at radius 2 is 0.603 bits per heavy atom. The number of hydrogen-bond donors (Lipinski definition) is 0. The lowest BCUT2D eigenvalue weighted by molar-refractivity contribution is 0.669. The first-order valence-electron chi connectivity index (χ1n) is 26.9. The highest BCUT2D eigenvalue weighted by Gasteiger charge is 2.24. The molecule has 0 aliphatic rings. The van der Waals surface area contributed by atoms with E-state index in [1.54, 1.807) is 0 Å². The topological polar surface area (TPSA) is 26.3 Å². The second kappa shape index (κ2) is 16.6. The lowest BCUT2D eigenvalue weighted by atomic mass is 9.82. The van der Waals surface area contributed by atoms with Gasteiger partial charge in [0, 0.05) is 32.7 Å². The van der Waals surface area contributed by atoms with E-state index in [0.29, 0.717) is 0 Å². The maximum atomic E-state index is 6.84. The van der Waals surface area contributed by atoms with E-state index in [9.17, 15) is 0 Å². The van der Waals surface area contributed by atoms with Crippen LogP contribution in [0.3, 0.4) is 0 Å². The minimum absolute atomic E-state index is 0.884. The first kappa shape index (κ1) is 43.0. The average molecular weight is 989 g/mol. The molecule has 0 saturated carbocycles. The molecule has 15 aromatic carbocycles. The average Bonchev–Trinajstić information content (AvgIpc) is 4.18. The molecule has 0 fully saturated rings. The fourth-order valence-electron chi connectivity index (χ4n) is 13.4. The first-order valence-corrected chi connectivity index (χ1v) is 26.9. The number of furan rings is 2. The zero-order valence-electron chi connectivity index (χ0n) is 42.2. The van der Waals surface area contributed by atoms with Crippen molar-refractivity contribution in [1.29, 1.82) is 0 Å². The smallest absolute Gasteiger partial charge is 0.143 e. The van der Waals surface area contributed by atoms with E-state index < -0.39 is 0 Å². The Morgan fingerprint density at radius 1 is 0.179 bits per heavy atom. The van der Waals surface area contributed by atoms with Crippen molar-refractivity contribution in [3.63, 3.8) is 0 Å². The fraction of sp³-hybridized carbons (Fsp3) is 0. The molecule has 78 heavy (non-hydrogen) atoms. The van der Waals surface area contributed by atoms with Gasteiger partial charge in [-0.05, 0) is 162 Å². The van der Waals surface area contributed by atoms with Gasteiger partial charge in [-0.1, -0.05) is 224 Å². The van der Waals surface area contributed by atoms with Crippen molar-refractivity contribution in [3.05, 3.63) is 267 Å². The summed E-state index contributed by atoms with van der Waals surface area (Å²) in [6, 6.07) is 98.3. The van der Waals surface area contributed by atoms with Crippen molar-refractivity contribution in [3.8, 4) is 55.6 Å². The molecular weight excluding hydrogens is 945 g/mol. The zero-order valence-corrected chi connectivity index (χ0v) is 42.2. The van der Waals surface area contributed by atoms with E-state index in [0.717, 1.165) is 66.1 Å². The van der Waals surface area contributed by atoms with E-state index in [1.807, 2.05) is 6.07 Å². The van der Waals surface area contributed by atoms with Crippen LogP contribution in [0.15, 0.2) is 276 Å². The largest absolute Gasteiger partial charge is 0.456 e. The Hall–Kier alpha value is -10.3. The van der Waals surface area contributed by atoms with Crippen LogP contribution in [0.25, 0.3) is 175 Å². The predicted octanol–water partition coefficient (Wildman–Crippen LogP) is 21.9. The zero-order chi connectivity index (χ0) is 51.0. The van der Waals surface area contributed by atoms with E-state index in [2.05, 4.69) is 261 Å². The van der Waals surface area contributed by atoms with Crippen molar-refractivity contribution in [2.75, 3.05) is 0 Å². The highest BCUT2D eigenvalue weighted by atomic mass is 16.3. The molecule has 2 heteroatoms. The summed E-state index contributed by atoms with van der Waals surface area (Å²) < 4.78 is 13.3. The molecule has 17 rings (SSSR count). The van der Waals surface area contributed by atoms with Crippen LogP contribution in [0.5, 0.6) is 0 Å². The molecule has 360 valence electrons. The molecule has 0 amide bonds. The minimum atomic E-state index is 0.884. The summed E-state index contributed by atoms with van der Waals surface area (Å²) in [6.45, 7) is 0. The second-order valence-electron chi connectivity index (χ2n) is 20.9. The number of hydrogen-bond acceptors (Lipinski definition) is 2. The molecule has 0 aliphatic carbocycles. The normalized spacial score (nSPS) is 12.1. The Labute approximate surface area is 448 Å². The molecule has 0 spiro atoms. The molecule has 2 aromatic heterocycles. The molecule has 0 bridgehead atoms. The van der Waals surface area contributed by atoms with E-state index in [4.69, 9.17) is 8.83 Å². The maximum Gasteiger partial charge on any atom is 0.143 e. The summed E-state index contributed by atoms with van der Waals surface area (Å²) >= 11 is 0. The van der Waals surface area contributed by atoms with Gasteiger partial charge in [-0.25, -0.2) is 0 Å². The van der Waals surface area contributed by atoms with Crippen molar-refractivity contribution < 1.29 is 8.83 Å². The van der Waals surface area contributed by atoms with Gasteiger partial charge >= 0.3 is 0 Å². The standard InChI is InChI=1S/C76H44O2/c1-3-20-50-45(17-1)19-15-30-56(50)74-60-29-10-9-28-59(60)73(64-32-16-31-63-54-24-11-14-34-70(54)78-76(63)64)62-39-36-47(42-68(62)74)46-35-38-61-67(41-46)72(49-37-40-71-65(44-49)55-25-12-13-33-69(55)77-71)57-26-7-8-27-58(57)75(61)66-43-48-18-2-4-21-51(48)52-22-5-6-23-53(52)66/h1-44H. The van der Waals surface area contributed by atoms with Crippen molar-refractivity contribution in [2.45, 2.75) is 0 Å². The third kappa shape index (κ3) is 6.26. The van der Waals surface area contributed by atoms with Gasteiger partial charge < -0.3 is 8.83 Å². The molecule has 17 aromatic rings. The van der Waals surface area contributed by atoms with Crippen molar-refractivity contribution in [1.82, 2.24) is 0 Å². The Balaban J connectivity index is 0.989. The molecule has 0 radical (unpaired) electrons. The number of para-hydroxylation sites is 3. The number of fused-ring (bicyclic) bond motifs is 14. The van der Waals surface area contributed by atoms with Crippen LogP contribution in [0.4, 0.5) is 0 Å². The van der Waals surface area contributed by atoms with Gasteiger partial charge in [0.15, 0.2) is 0 Å². The predicted molar refractivity (Wildman–Crippen MR) is 331 cm³/mol. The Kier molecular flexibility index (Phi) is 9.16. The molecule has 2 heterocycles. The van der Waals surface area contributed by atoms with Crippen LogP contribution >= 0.6 is 0 Å². The summed E-state index contributed by atoms with van der Waals surface area (Å²) in [5.41, 5.74) is 15.3. The SMILES string of the molecule is c1ccc2c(-c3c4ccccc4c(-c4cccc5c4oc4ccccc45)c4ccc(-c5ccc6c(-c7cc8ccccc8c8ccccc78)c7ccccc7c(-c7ccc8oc9ccccc9c8c7)c6c5)cc34)cccc2c1. The van der Waals surface area contributed by atoms with Crippen LogP contribution in [0, 0.1) is 0 Å². The van der Waals surface area contributed by atoms with Crippen molar-refractivity contribution in [2.24, 2.45) is 0 Å². The van der Waals surface area contributed by atoms with Gasteiger partial charge in [0.1, 0.15) is 22.3 Å².